The van der Waals surface area contributed by atoms with Gasteiger partial charge >= 0.3 is 0 Å². The third-order valence-electron chi connectivity index (χ3n) is 3.67. The Kier molecular flexibility index (Phi) is 5.13. The molecule has 132 valence electrons. The number of hydrogen-bond donors (Lipinski definition) is 2. The van der Waals surface area contributed by atoms with Crippen LogP contribution in [0, 0.1) is 28.4 Å². The largest absolute Gasteiger partial charge is 0.494 e. The second-order valence-corrected chi connectivity index (χ2v) is 5.19. The molecular formula is C16H13N5O5. The van der Waals surface area contributed by atoms with Gasteiger partial charge in [0, 0.05) is 13.1 Å². The molecule has 2 N–H and O–H groups in total. The molecule has 0 atom stereocenters. The smallest absolute Gasteiger partial charge is 0.282 e. The Hall–Kier alpha value is -4.00. The highest BCUT2D eigenvalue weighted by Gasteiger charge is 2.19. The van der Waals surface area contributed by atoms with Crippen LogP contribution in [0.25, 0.3) is 0 Å². The van der Waals surface area contributed by atoms with E-state index in [0.29, 0.717) is 0 Å². The Morgan fingerprint density at radius 3 is 2.73 bits per heavy atom. The quantitative estimate of drug-likeness (QED) is 0.473. The van der Waals surface area contributed by atoms with Crippen LogP contribution in [0.2, 0.25) is 0 Å². The number of amides is 1. The van der Waals surface area contributed by atoms with Crippen molar-refractivity contribution in [2.75, 3.05) is 0 Å². The Labute approximate surface area is 146 Å². The summed E-state index contributed by atoms with van der Waals surface area (Å²) in [6, 6.07) is 7.09. The third-order valence-corrected chi connectivity index (χ3v) is 3.67. The summed E-state index contributed by atoms with van der Waals surface area (Å²) in [5.41, 5.74) is 0.966. The number of aromatic hydroxyl groups is 1. The van der Waals surface area contributed by atoms with E-state index >= 15 is 0 Å². The minimum Gasteiger partial charge on any atom is -0.494 e. The van der Waals surface area contributed by atoms with Crippen molar-refractivity contribution in [2.24, 2.45) is 12.1 Å². The second kappa shape index (κ2) is 7.27. The molecule has 1 heterocycles. The normalized spacial score (nSPS) is 10.5. The van der Waals surface area contributed by atoms with E-state index in [9.17, 15) is 24.8 Å². The van der Waals surface area contributed by atoms with Crippen molar-refractivity contribution < 1.29 is 14.8 Å². The summed E-state index contributed by atoms with van der Waals surface area (Å²) in [6.07, 6.45) is 1.05. The lowest BCUT2D eigenvalue weighted by Gasteiger charge is -2.09. The average molecular weight is 355 g/mol. The van der Waals surface area contributed by atoms with Crippen LogP contribution in [0.1, 0.15) is 27.0 Å². The van der Waals surface area contributed by atoms with E-state index in [0.717, 1.165) is 10.8 Å². The van der Waals surface area contributed by atoms with Crippen LogP contribution in [-0.4, -0.2) is 26.7 Å². The van der Waals surface area contributed by atoms with E-state index in [2.05, 4.69) is 10.5 Å². The van der Waals surface area contributed by atoms with Crippen molar-refractivity contribution in [2.45, 2.75) is 6.92 Å². The molecule has 0 radical (unpaired) electrons. The first kappa shape index (κ1) is 18.3. The standard InChI is InChI=1S/C16H13N5O5/c1-9-11(7-17)15(23)20(2)16(24)12(9)8-18-19-14(22)10-5-3-4-6-13(10)21(25)26/h3-6,8,24H,1-2H3,(H,19,22). The summed E-state index contributed by atoms with van der Waals surface area (Å²) < 4.78 is 0.872. The molecule has 1 amide bonds. The molecule has 0 fully saturated rings. The minimum atomic E-state index is -0.823. The van der Waals surface area contributed by atoms with E-state index in [4.69, 9.17) is 5.26 Å². The highest BCUT2D eigenvalue weighted by Crippen LogP contribution is 2.19. The van der Waals surface area contributed by atoms with Crippen LogP contribution in [-0.2, 0) is 7.05 Å². The van der Waals surface area contributed by atoms with Crippen LogP contribution < -0.4 is 11.0 Å². The number of nitro benzene ring substituents is 1. The molecule has 1 aromatic carbocycles. The first-order valence-corrected chi connectivity index (χ1v) is 7.19. The molecule has 0 spiro atoms. The van der Waals surface area contributed by atoms with E-state index in [1.54, 1.807) is 6.07 Å². The van der Waals surface area contributed by atoms with Gasteiger partial charge < -0.3 is 5.11 Å². The summed E-state index contributed by atoms with van der Waals surface area (Å²) in [5.74, 6) is -1.26. The van der Waals surface area contributed by atoms with Crippen LogP contribution >= 0.6 is 0 Å². The van der Waals surface area contributed by atoms with Crippen LogP contribution in [0.4, 0.5) is 5.69 Å². The Morgan fingerprint density at radius 2 is 2.12 bits per heavy atom. The maximum atomic E-state index is 12.1. The lowest BCUT2D eigenvalue weighted by atomic mass is 10.1. The molecule has 1 aromatic heterocycles. The molecule has 0 saturated carbocycles. The number of nitrogens with zero attached hydrogens (tertiary/aromatic N) is 4. The molecule has 0 aliphatic heterocycles. The lowest BCUT2D eigenvalue weighted by Crippen LogP contribution is -2.23. The fourth-order valence-corrected chi connectivity index (χ4v) is 2.23. The maximum Gasteiger partial charge on any atom is 0.282 e. The number of carbonyl (C=O) groups excluding carboxylic acids is 1. The summed E-state index contributed by atoms with van der Waals surface area (Å²) in [6.45, 7) is 1.45. The topological polar surface area (TPSA) is 151 Å². The number of nitro groups is 1. The molecule has 2 aromatic rings. The minimum absolute atomic E-state index is 0.0616. The molecule has 0 aliphatic carbocycles. The third kappa shape index (κ3) is 3.27. The molecule has 2 rings (SSSR count). The summed E-state index contributed by atoms with van der Waals surface area (Å²) in [5, 5.41) is 33.7. The van der Waals surface area contributed by atoms with Crippen molar-refractivity contribution in [1.82, 2.24) is 9.99 Å². The first-order chi connectivity index (χ1) is 12.3. The predicted molar refractivity (Wildman–Crippen MR) is 91.0 cm³/mol. The van der Waals surface area contributed by atoms with Crippen molar-refractivity contribution in [3.8, 4) is 11.9 Å². The van der Waals surface area contributed by atoms with Crippen molar-refractivity contribution in [3.63, 3.8) is 0 Å². The molecule has 0 bridgehead atoms. The van der Waals surface area contributed by atoms with Crippen molar-refractivity contribution in [1.29, 1.82) is 5.26 Å². The predicted octanol–water partition coefficient (Wildman–Crippen LogP) is 0.943. The van der Waals surface area contributed by atoms with Gasteiger partial charge in [-0.3, -0.25) is 24.3 Å². The monoisotopic (exact) mass is 355 g/mol. The fraction of sp³-hybridized carbons (Fsp3) is 0.125. The second-order valence-electron chi connectivity index (χ2n) is 5.19. The highest BCUT2D eigenvalue weighted by atomic mass is 16.6. The van der Waals surface area contributed by atoms with Crippen LogP contribution in [0.15, 0.2) is 34.2 Å². The van der Waals surface area contributed by atoms with Gasteiger partial charge in [-0.05, 0) is 18.6 Å². The van der Waals surface area contributed by atoms with E-state index < -0.39 is 22.3 Å². The first-order valence-electron chi connectivity index (χ1n) is 7.19. The lowest BCUT2D eigenvalue weighted by molar-refractivity contribution is -0.385. The number of nitrogens with one attached hydrogen (secondary N) is 1. The number of hydrogen-bond acceptors (Lipinski definition) is 7. The number of pyridine rings is 1. The summed E-state index contributed by atoms with van der Waals surface area (Å²) in [4.78, 5) is 34.2. The number of aromatic nitrogens is 1. The zero-order valence-electron chi connectivity index (χ0n) is 13.8. The molecule has 0 saturated heterocycles. The van der Waals surface area contributed by atoms with Crippen LogP contribution in [0.3, 0.4) is 0 Å². The molecule has 26 heavy (non-hydrogen) atoms. The van der Waals surface area contributed by atoms with Gasteiger partial charge in [0.25, 0.3) is 17.2 Å². The highest BCUT2D eigenvalue weighted by molar-refractivity contribution is 5.98. The number of hydrazone groups is 1. The molecule has 10 heteroatoms. The van der Waals surface area contributed by atoms with E-state index in [1.165, 1.54) is 38.2 Å². The van der Waals surface area contributed by atoms with Gasteiger partial charge in [0.05, 0.1) is 16.7 Å². The maximum absolute atomic E-state index is 12.1. The van der Waals surface area contributed by atoms with E-state index in [-0.39, 0.29) is 27.9 Å². The molecule has 10 nitrogen and oxygen atoms in total. The van der Waals surface area contributed by atoms with Crippen LogP contribution in [0.5, 0.6) is 5.88 Å². The van der Waals surface area contributed by atoms with Gasteiger partial charge in [-0.1, -0.05) is 12.1 Å². The number of carbonyl (C=O) groups is 1. The Morgan fingerprint density at radius 1 is 1.46 bits per heavy atom. The van der Waals surface area contributed by atoms with E-state index in [1.807, 2.05) is 0 Å². The average Bonchev–Trinajstić information content (AvgIpc) is 2.63. The summed E-state index contributed by atoms with van der Waals surface area (Å²) in [7, 11) is 1.28. The van der Waals surface area contributed by atoms with Gasteiger partial charge in [0.2, 0.25) is 5.88 Å². The zero-order valence-corrected chi connectivity index (χ0v) is 13.8. The fourth-order valence-electron chi connectivity index (χ4n) is 2.23. The molecular weight excluding hydrogens is 342 g/mol. The Bertz CT molecular complexity index is 1030. The Balaban J connectivity index is 2.35. The number of para-hydroxylation sites is 1. The van der Waals surface area contributed by atoms with Gasteiger partial charge in [0.1, 0.15) is 17.2 Å². The van der Waals surface area contributed by atoms with Gasteiger partial charge in [0.15, 0.2) is 0 Å². The number of rotatable bonds is 4. The number of nitriles is 1. The van der Waals surface area contributed by atoms with Gasteiger partial charge in [-0.25, -0.2) is 5.43 Å². The van der Waals surface area contributed by atoms with Gasteiger partial charge in [-0.15, -0.1) is 0 Å². The van der Waals surface area contributed by atoms with Gasteiger partial charge in [-0.2, -0.15) is 10.4 Å². The van der Waals surface area contributed by atoms with Crippen molar-refractivity contribution >= 4 is 17.8 Å². The SMILES string of the molecule is Cc1c(C=NNC(=O)c2ccccc2[N+](=O)[O-])c(O)n(C)c(=O)c1C#N. The molecule has 0 aliphatic rings. The zero-order chi connectivity index (χ0) is 19.4. The molecule has 0 unspecified atom stereocenters. The summed E-state index contributed by atoms with van der Waals surface area (Å²) >= 11 is 0. The number of benzene rings is 1. The van der Waals surface area contributed by atoms with Crippen molar-refractivity contribution in [3.05, 3.63) is 67.0 Å².